The van der Waals surface area contributed by atoms with Crippen molar-refractivity contribution in [3.63, 3.8) is 0 Å². The number of carboxylic acids is 1. The summed E-state index contributed by atoms with van der Waals surface area (Å²) < 4.78 is 0. The first-order valence-corrected chi connectivity index (χ1v) is 6.80. The average molecular weight is 274 g/mol. The Morgan fingerprint density at radius 3 is 2.68 bits per heavy atom. The second-order valence-corrected chi connectivity index (χ2v) is 5.11. The van der Waals surface area contributed by atoms with E-state index in [1.165, 1.54) is 29.1 Å². The molecule has 0 unspecified atom stereocenters. The van der Waals surface area contributed by atoms with Crippen LogP contribution in [0.2, 0.25) is 0 Å². The molecule has 1 aromatic carbocycles. The molecule has 1 aromatic heterocycles. The van der Waals surface area contributed by atoms with Crippen molar-refractivity contribution in [1.82, 2.24) is 9.97 Å². The molecule has 0 saturated carbocycles. The number of nitrogens with zero attached hydrogens (tertiary/aromatic N) is 2. The molecule has 0 atom stereocenters. The number of hydrogen-bond acceptors (Lipinski definition) is 4. The van der Waals surface area contributed by atoms with Crippen LogP contribution in [0.3, 0.4) is 0 Å². The van der Waals surface area contributed by atoms with Crippen LogP contribution < -0.4 is 0 Å². The van der Waals surface area contributed by atoms with E-state index >= 15 is 0 Å². The largest absolute Gasteiger partial charge is 0.478 e. The molecule has 0 bridgehead atoms. The summed E-state index contributed by atoms with van der Waals surface area (Å²) >= 11 is 1.51. The van der Waals surface area contributed by atoms with Crippen molar-refractivity contribution in [3.05, 3.63) is 52.8 Å². The van der Waals surface area contributed by atoms with E-state index < -0.39 is 5.97 Å². The molecule has 0 fully saturated rings. The van der Waals surface area contributed by atoms with Gasteiger partial charge in [-0.3, -0.25) is 0 Å². The van der Waals surface area contributed by atoms with Crippen molar-refractivity contribution in [2.75, 3.05) is 0 Å². The quantitative estimate of drug-likeness (QED) is 0.685. The number of aromatic carboxylic acids is 1. The minimum atomic E-state index is -0.993. The van der Waals surface area contributed by atoms with Crippen molar-refractivity contribution < 1.29 is 9.90 Å². The summed E-state index contributed by atoms with van der Waals surface area (Å²) in [6.07, 6.45) is 1.37. The monoisotopic (exact) mass is 274 g/mol. The molecule has 1 N–H and O–H groups in total. The Labute approximate surface area is 115 Å². The van der Waals surface area contributed by atoms with E-state index in [-0.39, 0.29) is 5.56 Å². The van der Waals surface area contributed by atoms with Crippen LogP contribution in [0.5, 0.6) is 0 Å². The van der Waals surface area contributed by atoms with Crippen molar-refractivity contribution >= 4 is 17.7 Å². The van der Waals surface area contributed by atoms with Crippen LogP contribution in [0.1, 0.15) is 27.2 Å². The topological polar surface area (TPSA) is 63.1 Å². The van der Waals surface area contributed by atoms with E-state index in [0.29, 0.717) is 10.9 Å². The van der Waals surface area contributed by atoms with Crippen LogP contribution in [0.4, 0.5) is 0 Å². The minimum Gasteiger partial charge on any atom is -0.478 e. The third-order valence-corrected chi connectivity index (χ3v) is 3.72. The standard InChI is InChI=1S/C14H14N2O2S/c1-9-5-3-4-6-11(9)8-19-14-15-7-12(13(17)18)10(2)16-14/h3-7H,8H2,1-2H3,(H,17,18). The Hall–Kier alpha value is -1.88. The first kappa shape index (κ1) is 13.5. The number of rotatable bonds is 4. The van der Waals surface area contributed by atoms with Gasteiger partial charge in [-0.1, -0.05) is 36.0 Å². The Balaban J connectivity index is 2.11. The molecule has 19 heavy (non-hydrogen) atoms. The van der Waals surface area contributed by atoms with E-state index in [4.69, 9.17) is 5.11 Å². The molecule has 0 saturated heterocycles. The fourth-order valence-electron chi connectivity index (χ4n) is 1.64. The third-order valence-electron chi connectivity index (χ3n) is 2.81. The molecule has 0 radical (unpaired) electrons. The Bertz CT molecular complexity index is 614. The highest BCUT2D eigenvalue weighted by atomic mass is 32.2. The number of thioether (sulfide) groups is 1. The van der Waals surface area contributed by atoms with Crippen LogP contribution in [0.15, 0.2) is 35.6 Å². The van der Waals surface area contributed by atoms with E-state index in [2.05, 4.69) is 29.0 Å². The number of carbonyl (C=O) groups is 1. The summed E-state index contributed by atoms with van der Waals surface area (Å²) in [6.45, 7) is 3.75. The predicted octanol–water partition coefficient (Wildman–Crippen LogP) is 3.08. The lowest BCUT2D eigenvalue weighted by Crippen LogP contribution is -2.04. The van der Waals surface area contributed by atoms with E-state index in [1.807, 2.05) is 12.1 Å². The number of benzene rings is 1. The first-order valence-electron chi connectivity index (χ1n) is 5.82. The Morgan fingerprint density at radius 1 is 1.32 bits per heavy atom. The highest BCUT2D eigenvalue weighted by molar-refractivity contribution is 7.98. The van der Waals surface area contributed by atoms with E-state index in [0.717, 1.165) is 5.75 Å². The van der Waals surface area contributed by atoms with Crippen LogP contribution in [-0.2, 0) is 5.75 Å². The Kier molecular flexibility index (Phi) is 4.16. The molecule has 2 rings (SSSR count). The van der Waals surface area contributed by atoms with Gasteiger partial charge < -0.3 is 5.11 Å². The molecule has 0 amide bonds. The zero-order chi connectivity index (χ0) is 13.8. The molecule has 2 aromatic rings. The van der Waals surface area contributed by atoms with Crippen LogP contribution >= 0.6 is 11.8 Å². The normalized spacial score (nSPS) is 10.4. The molecule has 5 heteroatoms. The van der Waals surface area contributed by atoms with Crippen molar-refractivity contribution in [2.45, 2.75) is 24.8 Å². The number of aromatic nitrogens is 2. The predicted molar refractivity (Wildman–Crippen MR) is 74.5 cm³/mol. The minimum absolute atomic E-state index is 0.153. The second kappa shape index (κ2) is 5.84. The SMILES string of the molecule is Cc1ccccc1CSc1ncc(C(=O)O)c(C)n1. The zero-order valence-electron chi connectivity index (χ0n) is 10.8. The van der Waals surface area contributed by atoms with Gasteiger partial charge in [0, 0.05) is 11.9 Å². The third kappa shape index (κ3) is 3.32. The zero-order valence-corrected chi connectivity index (χ0v) is 11.6. The molecule has 4 nitrogen and oxygen atoms in total. The molecule has 98 valence electrons. The Morgan fingerprint density at radius 2 is 2.05 bits per heavy atom. The van der Waals surface area contributed by atoms with Gasteiger partial charge in [-0.25, -0.2) is 14.8 Å². The summed E-state index contributed by atoms with van der Waals surface area (Å²) in [5.41, 5.74) is 3.11. The maximum atomic E-state index is 10.9. The lowest BCUT2D eigenvalue weighted by Gasteiger charge is -2.05. The van der Waals surface area contributed by atoms with Crippen LogP contribution in [0.25, 0.3) is 0 Å². The lowest BCUT2D eigenvalue weighted by molar-refractivity contribution is 0.0695. The van der Waals surface area contributed by atoms with Gasteiger partial charge in [-0.05, 0) is 25.0 Å². The van der Waals surface area contributed by atoms with Crippen molar-refractivity contribution in [3.8, 4) is 0 Å². The van der Waals surface area contributed by atoms with Gasteiger partial charge in [-0.15, -0.1) is 0 Å². The smallest absolute Gasteiger partial charge is 0.339 e. The molecular weight excluding hydrogens is 260 g/mol. The molecular formula is C14H14N2O2S. The van der Waals surface area contributed by atoms with Gasteiger partial charge in [0.25, 0.3) is 0 Å². The summed E-state index contributed by atoms with van der Waals surface area (Å²) in [7, 11) is 0. The average Bonchev–Trinajstić information content (AvgIpc) is 2.37. The van der Waals surface area contributed by atoms with Gasteiger partial charge in [0.1, 0.15) is 0 Å². The summed E-state index contributed by atoms with van der Waals surface area (Å²) in [5, 5.41) is 9.52. The van der Waals surface area contributed by atoms with Crippen LogP contribution in [0, 0.1) is 13.8 Å². The van der Waals surface area contributed by atoms with Crippen molar-refractivity contribution in [2.24, 2.45) is 0 Å². The molecule has 0 aliphatic rings. The second-order valence-electron chi connectivity index (χ2n) is 4.17. The van der Waals surface area contributed by atoms with E-state index in [9.17, 15) is 4.79 Å². The van der Waals surface area contributed by atoms with Gasteiger partial charge in [0.15, 0.2) is 5.16 Å². The van der Waals surface area contributed by atoms with E-state index in [1.54, 1.807) is 6.92 Å². The maximum Gasteiger partial charge on any atom is 0.339 e. The van der Waals surface area contributed by atoms with Crippen LogP contribution in [-0.4, -0.2) is 21.0 Å². The van der Waals surface area contributed by atoms with Gasteiger partial charge in [-0.2, -0.15) is 0 Å². The summed E-state index contributed by atoms with van der Waals surface area (Å²) in [5.74, 6) is -0.216. The lowest BCUT2D eigenvalue weighted by atomic mass is 10.1. The number of carboxylic acid groups (broad SMARTS) is 1. The molecule has 0 aliphatic heterocycles. The fraction of sp³-hybridized carbons (Fsp3) is 0.214. The van der Waals surface area contributed by atoms with Gasteiger partial charge in [0.2, 0.25) is 0 Å². The molecule has 0 spiro atoms. The number of hydrogen-bond donors (Lipinski definition) is 1. The highest BCUT2D eigenvalue weighted by Crippen LogP contribution is 2.21. The van der Waals surface area contributed by atoms with Gasteiger partial charge >= 0.3 is 5.97 Å². The molecule has 1 heterocycles. The van der Waals surface area contributed by atoms with Gasteiger partial charge in [0.05, 0.1) is 11.3 Å². The summed E-state index contributed by atoms with van der Waals surface area (Å²) in [4.78, 5) is 19.2. The highest BCUT2D eigenvalue weighted by Gasteiger charge is 2.10. The molecule has 0 aliphatic carbocycles. The fourth-order valence-corrected chi connectivity index (χ4v) is 2.58. The maximum absolute atomic E-state index is 10.9. The number of aryl methyl sites for hydroxylation is 2. The first-order chi connectivity index (χ1) is 9.08. The summed E-state index contributed by atoms with van der Waals surface area (Å²) in [6, 6.07) is 8.14. The van der Waals surface area contributed by atoms with Crippen molar-refractivity contribution in [1.29, 1.82) is 0 Å².